The average molecular weight is 328 g/mol. The summed E-state index contributed by atoms with van der Waals surface area (Å²) in [5.74, 6) is 0.794. The molecule has 0 aliphatic heterocycles. The number of ether oxygens (including phenoxy) is 1. The van der Waals surface area contributed by atoms with E-state index in [9.17, 15) is 0 Å². The second kappa shape index (κ2) is 6.10. The van der Waals surface area contributed by atoms with Gasteiger partial charge in [-0.15, -0.1) is 0 Å². The molecule has 0 radical (unpaired) electrons. The number of benzene rings is 2. The van der Waals surface area contributed by atoms with Crippen molar-refractivity contribution in [1.29, 1.82) is 0 Å². The molecule has 3 heteroatoms. The van der Waals surface area contributed by atoms with E-state index >= 15 is 0 Å². The molecule has 2 aromatic carbocycles. The predicted octanol–water partition coefficient (Wildman–Crippen LogP) is 5.32. The summed E-state index contributed by atoms with van der Waals surface area (Å²) in [7, 11) is 1.70. The average Bonchev–Trinajstić information content (AvgIpc) is 3.14. The van der Waals surface area contributed by atoms with Gasteiger partial charge in [-0.1, -0.05) is 17.2 Å². The number of fused-ring (bicyclic) bond motifs is 1. The molecule has 4 rings (SSSR count). The van der Waals surface area contributed by atoms with Crippen LogP contribution in [0.4, 0.5) is 0 Å². The SMILES string of the molecule is COc1cc2cc(-n3cccc3)ccc2nc1-c1cc(C)cc(C)c1. The van der Waals surface area contributed by atoms with Gasteiger partial charge in [0.25, 0.3) is 0 Å². The molecule has 2 aromatic heterocycles. The predicted molar refractivity (Wildman–Crippen MR) is 103 cm³/mol. The normalized spacial score (nSPS) is 11.0. The summed E-state index contributed by atoms with van der Waals surface area (Å²) in [6, 6.07) is 18.9. The number of hydrogen-bond acceptors (Lipinski definition) is 2. The maximum atomic E-state index is 5.65. The summed E-state index contributed by atoms with van der Waals surface area (Å²) in [5.41, 5.74) is 6.50. The number of aromatic nitrogens is 2. The molecular weight excluding hydrogens is 308 g/mol. The zero-order valence-electron chi connectivity index (χ0n) is 14.7. The van der Waals surface area contributed by atoms with Crippen molar-refractivity contribution in [2.45, 2.75) is 13.8 Å². The third-order valence-corrected chi connectivity index (χ3v) is 4.38. The van der Waals surface area contributed by atoms with E-state index in [1.165, 1.54) is 11.1 Å². The smallest absolute Gasteiger partial charge is 0.145 e. The van der Waals surface area contributed by atoms with Crippen molar-refractivity contribution in [2.24, 2.45) is 0 Å². The first-order valence-electron chi connectivity index (χ1n) is 8.35. The highest BCUT2D eigenvalue weighted by Crippen LogP contribution is 2.33. The lowest BCUT2D eigenvalue weighted by atomic mass is 10.0. The van der Waals surface area contributed by atoms with Gasteiger partial charge in [0.15, 0.2) is 0 Å². The van der Waals surface area contributed by atoms with E-state index in [0.717, 1.165) is 33.6 Å². The van der Waals surface area contributed by atoms with Crippen molar-refractivity contribution in [2.75, 3.05) is 7.11 Å². The molecule has 124 valence electrons. The van der Waals surface area contributed by atoms with Crippen LogP contribution in [0.1, 0.15) is 11.1 Å². The van der Waals surface area contributed by atoms with Crippen LogP contribution in [0.25, 0.3) is 27.8 Å². The minimum Gasteiger partial charge on any atom is -0.494 e. The molecule has 0 N–H and O–H groups in total. The molecule has 0 atom stereocenters. The molecule has 0 bridgehead atoms. The van der Waals surface area contributed by atoms with Crippen molar-refractivity contribution in [3.05, 3.63) is 78.1 Å². The van der Waals surface area contributed by atoms with Crippen LogP contribution in [0.3, 0.4) is 0 Å². The summed E-state index contributed by atoms with van der Waals surface area (Å²) in [4.78, 5) is 4.89. The zero-order valence-corrected chi connectivity index (χ0v) is 14.7. The molecule has 0 saturated heterocycles. The van der Waals surface area contributed by atoms with Crippen LogP contribution in [0.15, 0.2) is 67.0 Å². The van der Waals surface area contributed by atoms with Crippen LogP contribution in [0, 0.1) is 13.8 Å². The van der Waals surface area contributed by atoms with Gasteiger partial charge in [-0.25, -0.2) is 4.98 Å². The Labute approximate surface area is 147 Å². The number of hydrogen-bond donors (Lipinski definition) is 0. The third-order valence-electron chi connectivity index (χ3n) is 4.38. The van der Waals surface area contributed by atoms with Crippen molar-refractivity contribution in [1.82, 2.24) is 9.55 Å². The van der Waals surface area contributed by atoms with Crippen LogP contribution in [-0.4, -0.2) is 16.7 Å². The molecule has 0 aliphatic carbocycles. The Morgan fingerprint density at radius 1 is 0.880 bits per heavy atom. The summed E-state index contributed by atoms with van der Waals surface area (Å²) in [5, 5.41) is 1.07. The first-order chi connectivity index (χ1) is 12.1. The Hall–Kier alpha value is -3.07. The zero-order chi connectivity index (χ0) is 17.4. The Bertz CT molecular complexity index is 1030. The molecule has 25 heavy (non-hydrogen) atoms. The van der Waals surface area contributed by atoms with E-state index in [2.05, 4.69) is 60.9 Å². The van der Waals surface area contributed by atoms with Gasteiger partial charge in [0.05, 0.1) is 12.6 Å². The van der Waals surface area contributed by atoms with E-state index < -0.39 is 0 Å². The molecule has 4 aromatic rings. The lowest BCUT2D eigenvalue weighted by Crippen LogP contribution is -1.95. The van der Waals surface area contributed by atoms with Crippen LogP contribution in [-0.2, 0) is 0 Å². The third kappa shape index (κ3) is 2.89. The Morgan fingerprint density at radius 3 is 2.28 bits per heavy atom. The number of pyridine rings is 1. The number of nitrogens with zero attached hydrogens (tertiary/aromatic N) is 2. The minimum absolute atomic E-state index is 0.794. The van der Waals surface area contributed by atoms with Gasteiger partial charge in [0.2, 0.25) is 0 Å². The minimum atomic E-state index is 0.794. The Morgan fingerprint density at radius 2 is 1.60 bits per heavy atom. The van der Waals surface area contributed by atoms with Gasteiger partial charge in [0, 0.05) is 29.0 Å². The second-order valence-corrected chi connectivity index (χ2v) is 6.38. The summed E-state index contributed by atoms with van der Waals surface area (Å²) in [6.45, 7) is 4.21. The van der Waals surface area contributed by atoms with Crippen molar-refractivity contribution < 1.29 is 4.74 Å². The fraction of sp³-hybridized carbons (Fsp3) is 0.136. The van der Waals surface area contributed by atoms with Gasteiger partial charge in [-0.2, -0.15) is 0 Å². The first kappa shape index (κ1) is 15.5. The number of methoxy groups -OCH3 is 1. The first-order valence-corrected chi connectivity index (χ1v) is 8.35. The van der Waals surface area contributed by atoms with Crippen molar-refractivity contribution in [3.8, 4) is 22.7 Å². The maximum Gasteiger partial charge on any atom is 0.145 e. The molecule has 0 amide bonds. The Balaban J connectivity index is 1.90. The molecular formula is C22H20N2O. The molecule has 0 saturated carbocycles. The standard InChI is InChI=1S/C22H20N2O/c1-15-10-16(2)12-18(11-15)22-21(25-3)14-17-13-19(6-7-20(17)23-22)24-8-4-5-9-24/h4-14H,1-3H3. The van der Waals surface area contributed by atoms with Crippen LogP contribution >= 0.6 is 0 Å². The lowest BCUT2D eigenvalue weighted by Gasteiger charge is -2.12. The van der Waals surface area contributed by atoms with Crippen LogP contribution in [0.5, 0.6) is 5.75 Å². The van der Waals surface area contributed by atoms with E-state index in [4.69, 9.17) is 9.72 Å². The van der Waals surface area contributed by atoms with Gasteiger partial charge in [-0.05, 0) is 62.4 Å². The Kier molecular flexibility index (Phi) is 3.77. The van der Waals surface area contributed by atoms with Gasteiger partial charge in [-0.3, -0.25) is 0 Å². The van der Waals surface area contributed by atoms with E-state index in [-0.39, 0.29) is 0 Å². The number of aryl methyl sites for hydroxylation is 2. The molecule has 2 heterocycles. The maximum absolute atomic E-state index is 5.65. The van der Waals surface area contributed by atoms with E-state index in [1.807, 2.05) is 24.5 Å². The lowest BCUT2D eigenvalue weighted by molar-refractivity contribution is 0.415. The van der Waals surface area contributed by atoms with Crippen LogP contribution in [0.2, 0.25) is 0 Å². The van der Waals surface area contributed by atoms with E-state index in [0.29, 0.717) is 0 Å². The molecule has 0 fully saturated rings. The topological polar surface area (TPSA) is 27.1 Å². The van der Waals surface area contributed by atoms with Gasteiger partial charge in [0.1, 0.15) is 11.4 Å². The fourth-order valence-corrected chi connectivity index (χ4v) is 3.29. The van der Waals surface area contributed by atoms with Crippen molar-refractivity contribution in [3.63, 3.8) is 0 Å². The second-order valence-electron chi connectivity index (χ2n) is 6.38. The summed E-state index contributed by atoms with van der Waals surface area (Å²) in [6.07, 6.45) is 4.07. The number of rotatable bonds is 3. The van der Waals surface area contributed by atoms with Gasteiger partial charge < -0.3 is 9.30 Å². The quantitative estimate of drug-likeness (QED) is 0.509. The summed E-state index contributed by atoms with van der Waals surface area (Å²) < 4.78 is 7.74. The summed E-state index contributed by atoms with van der Waals surface area (Å²) >= 11 is 0. The molecule has 3 nitrogen and oxygen atoms in total. The highest BCUT2D eigenvalue weighted by atomic mass is 16.5. The van der Waals surface area contributed by atoms with Crippen molar-refractivity contribution >= 4 is 10.9 Å². The fourth-order valence-electron chi connectivity index (χ4n) is 3.29. The van der Waals surface area contributed by atoms with Crippen LogP contribution < -0.4 is 4.74 Å². The molecule has 0 unspecified atom stereocenters. The van der Waals surface area contributed by atoms with E-state index in [1.54, 1.807) is 7.11 Å². The largest absolute Gasteiger partial charge is 0.494 e. The monoisotopic (exact) mass is 328 g/mol. The highest BCUT2D eigenvalue weighted by molar-refractivity contribution is 5.86. The highest BCUT2D eigenvalue weighted by Gasteiger charge is 2.11. The molecule has 0 spiro atoms. The van der Waals surface area contributed by atoms with Gasteiger partial charge >= 0.3 is 0 Å². The molecule has 0 aliphatic rings.